The van der Waals surface area contributed by atoms with Crippen LogP contribution in [0, 0.1) is 6.92 Å². The fraction of sp³-hybridized carbons (Fsp3) is 0.346. The molecule has 0 N–H and O–H groups in total. The second kappa shape index (κ2) is 9.90. The number of benzene rings is 2. The van der Waals surface area contributed by atoms with Gasteiger partial charge in [-0.2, -0.15) is 0 Å². The predicted molar refractivity (Wildman–Crippen MR) is 123 cm³/mol. The second-order valence-corrected chi connectivity index (χ2v) is 7.96. The fourth-order valence-electron chi connectivity index (χ4n) is 4.13. The van der Waals surface area contributed by atoms with Crippen molar-refractivity contribution in [3.63, 3.8) is 0 Å². The van der Waals surface area contributed by atoms with E-state index in [1.807, 2.05) is 55.5 Å². The van der Waals surface area contributed by atoms with Gasteiger partial charge >= 0.3 is 5.97 Å². The summed E-state index contributed by atoms with van der Waals surface area (Å²) in [6.45, 7) is 6.28. The lowest BCUT2D eigenvalue weighted by Gasteiger charge is -2.35. The average Bonchev–Trinajstić information content (AvgIpc) is 3.19. The largest absolute Gasteiger partial charge is 0.493 e. The molecule has 3 aromatic rings. The van der Waals surface area contributed by atoms with E-state index < -0.39 is 12.0 Å². The van der Waals surface area contributed by atoms with Crippen LogP contribution in [0.15, 0.2) is 52.9 Å². The number of carbonyl (C=O) groups is 2. The number of nitrogens with zero attached hydrogens (tertiary/aromatic N) is 2. The molecule has 172 valence electrons. The minimum atomic E-state index is -0.749. The van der Waals surface area contributed by atoms with Gasteiger partial charge < -0.3 is 18.8 Å². The number of amides is 1. The summed E-state index contributed by atoms with van der Waals surface area (Å²) in [6, 6.07) is 14.7. The molecule has 0 spiro atoms. The second-order valence-electron chi connectivity index (χ2n) is 7.96. The summed E-state index contributed by atoms with van der Waals surface area (Å²) in [6.07, 6.45) is 1.27. The predicted octanol–water partition coefficient (Wildman–Crippen LogP) is 4.28. The molecule has 7 nitrogen and oxygen atoms in total. The SMILES string of the molecule is CCOC(=O)C1c2cc(OCCc3nc(-c4ccccc4)oc3C)ccc2CCN1C(C)=O. The van der Waals surface area contributed by atoms with Crippen molar-refractivity contribution in [2.45, 2.75) is 39.7 Å². The van der Waals surface area contributed by atoms with Gasteiger partial charge in [-0.15, -0.1) is 0 Å². The zero-order valence-corrected chi connectivity index (χ0v) is 19.2. The summed E-state index contributed by atoms with van der Waals surface area (Å²) in [4.78, 5) is 31.0. The molecule has 1 aliphatic rings. The van der Waals surface area contributed by atoms with Gasteiger partial charge in [0, 0.05) is 25.5 Å². The standard InChI is InChI=1S/C26H28N2O5/c1-4-31-26(30)24-22-16-21(11-10-19(22)12-14-28(24)18(3)29)32-15-13-23-17(2)33-25(27-23)20-8-6-5-7-9-20/h5-11,16,24H,4,12-15H2,1-3H3. The van der Waals surface area contributed by atoms with Crippen molar-refractivity contribution < 1.29 is 23.5 Å². The van der Waals surface area contributed by atoms with E-state index in [1.54, 1.807) is 11.8 Å². The number of carbonyl (C=O) groups excluding carboxylic acids is 2. The number of esters is 1. The van der Waals surface area contributed by atoms with Crippen LogP contribution in [0.5, 0.6) is 5.75 Å². The molecule has 0 saturated carbocycles. The molecule has 2 heterocycles. The Hall–Kier alpha value is -3.61. The zero-order valence-electron chi connectivity index (χ0n) is 19.2. The number of oxazole rings is 1. The number of aromatic nitrogens is 1. The van der Waals surface area contributed by atoms with Crippen LogP contribution in [-0.4, -0.2) is 41.5 Å². The first-order valence-corrected chi connectivity index (χ1v) is 11.2. The Morgan fingerprint density at radius 3 is 2.70 bits per heavy atom. The third-order valence-corrected chi connectivity index (χ3v) is 5.78. The van der Waals surface area contributed by atoms with Crippen LogP contribution >= 0.6 is 0 Å². The lowest BCUT2D eigenvalue weighted by molar-refractivity contribution is -0.155. The number of fused-ring (bicyclic) bond motifs is 1. The first-order valence-electron chi connectivity index (χ1n) is 11.2. The molecule has 0 saturated heterocycles. The first-order chi connectivity index (χ1) is 16.0. The van der Waals surface area contributed by atoms with E-state index in [4.69, 9.17) is 13.9 Å². The van der Waals surface area contributed by atoms with Crippen molar-refractivity contribution in [2.24, 2.45) is 0 Å². The number of hydrogen-bond acceptors (Lipinski definition) is 6. The van der Waals surface area contributed by atoms with Gasteiger partial charge in [-0.1, -0.05) is 24.3 Å². The van der Waals surface area contributed by atoms with Gasteiger partial charge in [0.1, 0.15) is 11.5 Å². The fourth-order valence-corrected chi connectivity index (χ4v) is 4.13. The van der Waals surface area contributed by atoms with Gasteiger partial charge in [0.2, 0.25) is 11.8 Å². The highest BCUT2D eigenvalue weighted by atomic mass is 16.5. The summed E-state index contributed by atoms with van der Waals surface area (Å²) in [7, 11) is 0. The maximum absolute atomic E-state index is 12.7. The van der Waals surface area contributed by atoms with Crippen molar-refractivity contribution in [3.8, 4) is 17.2 Å². The van der Waals surface area contributed by atoms with Crippen LogP contribution in [0.1, 0.15) is 42.5 Å². The van der Waals surface area contributed by atoms with Crippen molar-refractivity contribution >= 4 is 11.9 Å². The minimum absolute atomic E-state index is 0.152. The highest BCUT2D eigenvalue weighted by Gasteiger charge is 2.36. The Balaban J connectivity index is 1.48. The van der Waals surface area contributed by atoms with E-state index in [-0.39, 0.29) is 12.5 Å². The van der Waals surface area contributed by atoms with Gasteiger partial charge in [0.05, 0.1) is 18.9 Å². The Kier molecular flexibility index (Phi) is 6.77. The molecular formula is C26H28N2O5. The van der Waals surface area contributed by atoms with Crippen LogP contribution in [0.3, 0.4) is 0 Å². The molecule has 1 aromatic heterocycles. The van der Waals surface area contributed by atoms with Crippen LogP contribution in [-0.2, 0) is 27.2 Å². The van der Waals surface area contributed by atoms with Gasteiger partial charge in [-0.05, 0) is 55.7 Å². The van der Waals surface area contributed by atoms with Gasteiger partial charge in [-0.3, -0.25) is 4.79 Å². The van der Waals surface area contributed by atoms with Crippen LogP contribution in [0.25, 0.3) is 11.5 Å². The quantitative estimate of drug-likeness (QED) is 0.502. The van der Waals surface area contributed by atoms with E-state index >= 15 is 0 Å². The zero-order chi connectivity index (χ0) is 23.4. The van der Waals surface area contributed by atoms with E-state index in [0.29, 0.717) is 37.6 Å². The molecule has 7 heteroatoms. The van der Waals surface area contributed by atoms with Gasteiger partial charge in [0.25, 0.3) is 0 Å². The normalized spacial score (nSPS) is 15.1. The Bertz CT molecular complexity index is 1140. The van der Waals surface area contributed by atoms with Gasteiger partial charge in [-0.25, -0.2) is 9.78 Å². The van der Waals surface area contributed by atoms with E-state index in [9.17, 15) is 9.59 Å². The van der Waals surface area contributed by atoms with Crippen molar-refractivity contribution in [2.75, 3.05) is 19.8 Å². The summed E-state index contributed by atoms with van der Waals surface area (Å²) >= 11 is 0. The van der Waals surface area contributed by atoms with E-state index in [0.717, 1.165) is 28.1 Å². The molecule has 1 unspecified atom stereocenters. The number of hydrogen-bond donors (Lipinski definition) is 0. The summed E-state index contributed by atoms with van der Waals surface area (Å²) < 4.78 is 17.1. The molecule has 0 bridgehead atoms. The number of aryl methyl sites for hydroxylation is 1. The summed E-state index contributed by atoms with van der Waals surface area (Å²) in [5, 5.41) is 0. The molecular weight excluding hydrogens is 420 g/mol. The third-order valence-electron chi connectivity index (χ3n) is 5.78. The van der Waals surface area contributed by atoms with E-state index in [2.05, 4.69) is 4.98 Å². The highest BCUT2D eigenvalue weighted by molar-refractivity contribution is 5.85. The van der Waals surface area contributed by atoms with Crippen LogP contribution in [0.2, 0.25) is 0 Å². The van der Waals surface area contributed by atoms with Gasteiger partial charge in [0.15, 0.2) is 6.04 Å². The van der Waals surface area contributed by atoms with Crippen LogP contribution in [0.4, 0.5) is 0 Å². The lowest BCUT2D eigenvalue weighted by Crippen LogP contribution is -2.43. The monoisotopic (exact) mass is 448 g/mol. The highest BCUT2D eigenvalue weighted by Crippen LogP contribution is 2.33. The van der Waals surface area contributed by atoms with E-state index in [1.165, 1.54) is 6.92 Å². The molecule has 2 aromatic carbocycles. The average molecular weight is 449 g/mol. The van der Waals surface area contributed by atoms with Crippen molar-refractivity contribution in [1.82, 2.24) is 9.88 Å². The lowest BCUT2D eigenvalue weighted by atomic mass is 9.92. The molecule has 4 rings (SSSR count). The maximum Gasteiger partial charge on any atom is 0.333 e. The Morgan fingerprint density at radius 1 is 1.18 bits per heavy atom. The van der Waals surface area contributed by atoms with Crippen LogP contribution < -0.4 is 4.74 Å². The molecule has 1 amide bonds. The number of ether oxygens (including phenoxy) is 2. The molecule has 1 aliphatic heterocycles. The molecule has 0 radical (unpaired) electrons. The smallest absolute Gasteiger partial charge is 0.333 e. The molecule has 0 fully saturated rings. The summed E-state index contributed by atoms with van der Waals surface area (Å²) in [5.74, 6) is 1.43. The Labute approximate surface area is 193 Å². The summed E-state index contributed by atoms with van der Waals surface area (Å²) in [5.41, 5.74) is 3.57. The minimum Gasteiger partial charge on any atom is -0.493 e. The molecule has 1 atom stereocenters. The molecule has 0 aliphatic carbocycles. The first kappa shape index (κ1) is 22.6. The molecule has 33 heavy (non-hydrogen) atoms. The Morgan fingerprint density at radius 2 is 1.97 bits per heavy atom. The topological polar surface area (TPSA) is 81.9 Å². The number of rotatable bonds is 7. The van der Waals surface area contributed by atoms with Crippen molar-refractivity contribution in [3.05, 3.63) is 71.1 Å². The third kappa shape index (κ3) is 4.92. The van der Waals surface area contributed by atoms with Crippen molar-refractivity contribution in [1.29, 1.82) is 0 Å². The maximum atomic E-state index is 12.7.